The fourth-order valence-electron chi connectivity index (χ4n) is 2.25. The van der Waals surface area contributed by atoms with E-state index in [1.54, 1.807) is 6.20 Å². The number of nitrogens with zero attached hydrogens (tertiary/aromatic N) is 3. The Kier molecular flexibility index (Phi) is 4.31. The minimum Gasteiger partial charge on any atom is -0.388 e. The monoisotopic (exact) mass is 278 g/mol. The van der Waals surface area contributed by atoms with Gasteiger partial charge in [-0.15, -0.1) is 0 Å². The van der Waals surface area contributed by atoms with E-state index in [2.05, 4.69) is 4.98 Å². The SMILES string of the molecule is CN(CC(=O)N1CCCC1)c1cccnc1C(N)=S. The Labute approximate surface area is 118 Å². The van der Waals surface area contributed by atoms with E-state index in [-0.39, 0.29) is 10.9 Å². The minimum atomic E-state index is 0.137. The average Bonchev–Trinajstić information content (AvgIpc) is 2.92. The highest BCUT2D eigenvalue weighted by Crippen LogP contribution is 2.17. The number of nitrogens with two attached hydrogens (primary N) is 1. The molecule has 1 aliphatic heterocycles. The molecule has 1 aromatic rings. The van der Waals surface area contributed by atoms with Crippen molar-refractivity contribution in [2.45, 2.75) is 12.8 Å². The highest BCUT2D eigenvalue weighted by Gasteiger charge is 2.20. The molecule has 2 rings (SSSR count). The summed E-state index contributed by atoms with van der Waals surface area (Å²) in [7, 11) is 1.85. The first kappa shape index (κ1) is 13.7. The summed E-state index contributed by atoms with van der Waals surface area (Å²) in [6.45, 7) is 2.05. The molecule has 102 valence electrons. The molecule has 1 amide bonds. The third kappa shape index (κ3) is 3.20. The molecule has 1 saturated heterocycles. The fourth-order valence-corrected chi connectivity index (χ4v) is 2.41. The number of anilines is 1. The Morgan fingerprint density at radius 2 is 2.21 bits per heavy atom. The highest BCUT2D eigenvalue weighted by molar-refractivity contribution is 7.80. The molecule has 0 bridgehead atoms. The Bertz CT molecular complexity index is 485. The van der Waals surface area contributed by atoms with Crippen LogP contribution in [0.15, 0.2) is 18.3 Å². The van der Waals surface area contributed by atoms with Gasteiger partial charge in [-0.05, 0) is 25.0 Å². The summed E-state index contributed by atoms with van der Waals surface area (Å²) < 4.78 is 0. The van der Waals surface area contributed by atoms with Gasteiger partial charge in [0, 0.05) is 26.3 Å². The highest BCUT2D eigenvalue weighted by atomic mass is 32.1. The smallest absolute Gasteiger partial charge is 0.242 e. The summed E-state index contributed by atoms with van der Waals surface area (Å²) in [6.07, 6.45) is 3.84. The van der Waals surface area contributed by atoms with E-state index in [0.717, 1.165) is 31.6 Å². The summed E-state index contributed by atoms with van der Waals surface area (Å²) in [4.78, 5) is 20.3. The van der Waals surface area contributed by atoms with Gasteiger partial charge in [-0.25, -0.2) is 0 Å². The summed E-state index contributed by atoms with van der Waals surface area (Å²) in [5.74, 6) is 0.137. The molecule has 0 spiro atoms. The molecule has 0 atom stereocenters. The Morgan fingerprint density at radius 3 is 2.84 bits per heavy atom. The van der Waals surface area contributed by atoms with Gasteiger partial charge in [-0.2, -0.15) is 0 Å². The van der Waals surface area contributed by atoms with Crippen LogP contribution in [0, 0.1) is 0 Å². The van der Waals surface area contributed by atoms with Gasteiger partial charge in [-0.1, -0.05) is 12.2 Å². The van der Waals surface area contributed by atoms with Crippen LogP contribution in [0.4, 0.5) is 5.69 Å². The Morgan fingerprint density at radius 1 is 1.53 bits per heavy atom. The van der Waals surface area contributed by atoms with E-state index in [1.807, 2.05) is 29.0 Å². The molecule has 19 heavy (non-hydrogen) atoms. The van der Waals surface area contributed by atoms with Crippen LogP contribution in [0.25, 0.3) is 0 Å². The van der Waals surface area contributed by atoms with Crippen molar-refractivity contribution in [1.29, 1.82) is 0 Å². The van der Waals surface area contributed by atoms with Gasteiger partial charge in [0.15, 0.2) is 0 Å². The topological polar surface area (TPSA) is 62.5 Å². The van der Waals surface area contributed by atoms with Crippen molar-refractivity contribution < 1.29 is 4.79 Å². The second-order valence-electron chi connectivity index (χ2n) is 4.68. The molecule has 1 aromatic heterocycles. The number of hydrogen-bond donors (Lipinski definition) is 1. The fraction of sp³-hybridized carbons (Fsp3) is 0.462. The van der Waals surface area contributed by atoms with Crippen LogP contribution in [0.5, 0.6) is 0 Å². The van der Waals surface area contributed by atoms with Gasteiger partial charge >= 0.3 is 0 Å². The second kappa shape index (κ2) is 5.97. The number of pyridine rings is 1. The largest absolute Gasteiger partial charge is 0.388 e. The molecule has 2 N–H and O–H groups in total. The molecule has 1 aliphatic rings. The van der Waals surface area contributed by atoms with Crippen molar-refractivity contribution in [3.8, 4) is 0 Å². The molecule has 6 heteroatoms. The zero-order valence-corrected chi connectivity index (χ0v) is 11.8. The molecule has 0 aromatic carbocycles. The van der Waals surface area contributed by atoms with Crippen LogP contribution in [-0.4, -0.2) is 47.5 Å². The lowest BCUT2D eigenvalue weighted by atomic mass is 10.2. The summed E-state index contributed by atoms with van der Waals surface area (Å²) in [5.41, 5.74) is 7.01. The first-order valence-electron chi connectivity index (χ1n) is 6.33. The summed E-state index contributed by atoms with van der Waals surface area (Å²) >= 11 is 4.98. The lowest BCUT2D eigenvalue weighted by Gasteiger charge is -2.24. The van der Waals surface area contributed by atoms with Crippen LogP contribution in [0.3, 0.4) is 0 Å². The van der Waals surface area contributed by atoms with E-state index >= 15 is 0 Å². The maximum absolute atomic E-state index is 12.1. The molecule has 5 nitrogen and oxygen atoms in total. The number of carbonyl (C=O) groups excluding carboxylic acids is 1. The minimum absolute atomic E-state index is 0.137. The molecule has 0 aliphatic carbocycles. The van der Waals surface area contributed by atoms with E-state index in [9.17, 15) is 4.79 Å². The van der Waals surface area contributed by atoms with Crippen LogP contribution >= 0.6 is 12.2 Å². The van der Waals surface area contributed by atoms with Gasteiger partial charge in [0.05, 0.1) is 12.2 Å². The van der Waals surface area contributed by atoms with Gasteiger partial charge in [0.2, 0.25) is 5.91 Å². The molecule has 0 unspecified atom stereocenters. The second-order valence-corrected chi connectivity index (χ2v) is 5.12. The van der Waals surface area contributed by atoms with Crippen molar-refractivity contribution in [3.05, 3.63) is 24.0 Å². The van der Waals surface area contributed by atoms with Gasteiger partial charge in [-0.3, -0.25) is 9.78 Å². The molecule has 0 radical (unpaired) electrons. The molecular weight excluding hydrogens is 260 g/mol. The van der Waals surface area contributed by atoms with Gasteiger partial charge in [0.25, 0.3) is 0 Å². The Balaban J connectivity index is 2.09. The Hall–Kier alpha value is -1.69. The quantitative estimate of drug-likeness (QED) is 0.825. The average molecular weight is 278 g/mol. The molecule has 2 heterocycles. The number of likely N-dealkylation sites (N-methyl/N-ethyl adjacent to an activating group) is 1. The van der Waals surface area contributed by atoms with E-state index < -0.39 is 0 Å². The first-order valence-corrected chi connectivity index (χ1v) is 6.74. The van der Waals surface area contributed by atoms with E-state index in [0.29, 0.717) is 12.2 Å². The van der Waals surface area contributed by atoms with Gasteiger partial charge in [0.1, 0.15) is 10.7 Å². The number of aromatic nitrogens is 1. The van der Waals surface area contributed by atoms with Crippen molar-refractivity contribution >= 4 is 28.8 Å². The number of thiocarbonyl (C=S) groups is 1. The summed E-state index contributed by atoms with van der Waals surface area (Å²) in [5, 5.41) is 0. The number of rotatable bonds is 4. The van der Waals surface area contributed by atoms with Crippen LogP contribution in [0.1, 0.15) is 18.5 Å². The van der Waals surface area contributed by atoms with Crippen molar-refractivity contribution in [1.82, 2.24) is 9.88 Å². The molecule has 0 saturated carbocycles. The zero-order valence-electron chi connectivity index (χ0n) is 11.0. The maximum atomic E-state index is 12.1. The van der Waals surface area contributed by atoms with Crippen molar-refractivity contribution in [2.24, 2.45) is 5.73 Å². The van der Waals surface area contributed by atoms with Crippen molar-refractivity contribution in [2.75, 3.05) is 31.6 Å². The van der Waals surface area contributed by atoms with Gasteiger partial charge < -0.3 is 15.5 Å². The standard InChI is InChI=1S/C13H18N4OS/c1-16(9-11(18)17-7-2-3-8-17)10-5-4-6-15-12(10)13(14)19/h4-6H,2-3,7-9H2,1H3,(H2,14,19). The molecule has 1 fully saturated rings. The van der Waals surface area contributed by atoms with Crippen LogP contribution < -0.4 is 10.6 Å². The van der Waals surface area contributed by atoms with Crippen LogP contribution in [0.2, 0.25) is 0 Å². The molecular formula is C13H18N4OS. The third-order valence-electron chi connectivity index (χ3n) is 3.26. The lowest BCUT2D eigenvalue weighted by Crippen LogP contribution is -2.38. The number of amides is 1. The zero-order chi connectivity index (χ0) is 13.8. The maximum Gasteiger partial charge on any atom is 0.242 e. The summed E-state index contributed by atoms with van der Waals surface area (Å²) in [6, 6.07) is 3.69. The normalized spacial score (nSPS) is 14.5. The first-order chi connectivity index (χ1) is 9.09. The van der Waals surface area contributed by atoms with Crippen molar-refractivity contribution in [3.63, 3.8) is 0 Å². The van der Waals surface area contributed by atoms with Crippen LogP contribution in [-0.2, 0) is 4.79 Å². The number of carbonyl (C=O) groups is 1. The lowest BCUT2D eigenvalue weighted by molar-refractivity contribution is -0.128. The number of likely N-dealkylation sites (tertiary alicyclic amines) is 1. The predicted molar refractivity (Wildman–Crippen MR) is 79.2 cm³/mol. The predicted octanol–water partition coefficient (Wildman–Crippen LogP) is 0.774. The van der Waals surface area contributed by atoms with E-state index in [1.165, 1.54) is 0 Å². The third-order valence-corrected chi connectivity index (χ3v) is 3.46. The number of hydrogen-bond acceptors (Lipinski definition) is 4. The van der Waals surface area contributed by atoms with E-state index in [4.69, 9.17) is 18.0 Å².